The highest BCUT2D eigenvalue weighted by atomic mass is 35.5. The molecule has 2 heterocycles. The van der Waals surface area contributed by atoms with E-state index < -0.39 is 11.2 Å². The number of anilines is 1. The van der Waals surface area contributed by atoms with Crippen molar-refractivity contribution >= 4 is 44.9 Å². The number of benzene rings is 2. The molecule has 0 atom stereocenters. The number of fused-ring (bicyclic) bond motifs is 4. The van der Waals surface area contributed by atoms with Crippen molar-refractivity contribution < 1.29 is 4.79 Å². The number of carbonyl (C=O) groups is 1. The molecule has 2 aromatic heterocycles. The van der Waals surface area contributed by atoms with E-state index in [4.69, 9.17) is 11.6 Å². The minimum Gasteiger partial charge on any atom is -0.302 e. The fourth-order valence-corrected chi connectivity index (χ4v) is 5.18. The third-order valence-electron chi connectivity index (χ3n) is 5.48. The van der Waals surface area contributed by atoms with E-state index in [1.807, 2.05) is 18.2 Å². The van der Waals surface area contributed by atoms with Gasteiger partial charge in [-0.25, -0.2) is 9.78 Å². The summed E-state index contributed by atoms with van der Waals surface area (Å²) in [4.78, 5) is 45.0. The molecule has 1 amide bonds. The fraction of sp³-hybridized carbons (Fsp3) is 0.182. The standard InChI is InChI=1S/C22H17ClN4O3S/c1-27-15-4-2-3-12(18(15)20(29)26-22(27)30)10-17(28)24-21-25-19-14-7-6-13(23)9-11(14)5-8-16(19)31-21/h2-4,6-7,9H,5,8,10H2,1H3,(H,24,25,28)(H,26,29,30). The van der Waals surface area contributed by atoms with Gasteiger partial charge in [0.05, 0.1) is 23.0 Å². The topological polar surface area (TPSA) is 96.9 Å². The van der Waals surface area contributed by atoms with Crippen LogP contribution >= 0.6 is 22.9 Å². The molecule has 31 heavy (non-hydrogen) atoms. The Labute approximate surface area is 185 Å². The second kappa shape index (κ2) is 7.47. The molecule has 0 saturated heterocycles. The minimum atomic E-state index is -0.499. The maximum Gasteiger partial charge on any atom is 0.328 e. The number of halogens is 1. The summed E-state index contributed by atoms with van der Waals surface area (Å²) >= 11 is 7.57. The Kier molecular flexibility index (Phi) is 4.75. The van der Waals surface area contributed by atoms with Crippen LogP contribution in [0.3, 0.4) is 0 Å². The van der Waals surface area contributed by atoms with E-state index in [0.717, 1.165) is 34.5 Å². The van der Waals surface area contributed by atoms with Crippen LogP contribution in [0.5, 0.6) is 0 Å². The average Bonchev–Trinajstić information content (AvgIpc) is 3.14. The third-order valence-corrected chi connectivity index (χ3v) is 6.75. The molecule has 4 aromatic rings. The third kappa shape index (κ3) is 3.47. The fourth-order valence-electron chi connectivity index (χ4n) is 4.00. The first kappa shape index (κ1) is 19.7. The van der Waals surface area contributed by atoms with Crippen LogP contribution in [0.2, 0.25) is 5.02 Å². The molecule has 0 fully saturated rings. The van der Waals surface area contributed by atoms with Crippen molar-refractivity contribution in [3.8, 4) is 11.3 Å². The van der Waals surface area contributed by atoms with Gasteiger partial charge in [-0.1, -0.05) is 29.8 Å². The van der Waals surface area contributed by atoms with Crippen molar-refractivity contribution in [2.24, 2.45) is 7.05 Å². The number of hydrogen-bond acceptors (Lipinski definition) is 5. The number of H-pyrrole nitrogens is 1. The van der Waals surface area contributed by atoms with Gasteiger partial charge in [0.15, 0.2) is 5.13 Å². The lowest BCUT2D eigenvalue weighted by molar-refractivity contribution is -0.115. The average molecular weight is 453 g/mol. The predicted octanol–water partition coefficient (Wildman–Crippen LogP) is 3.28. The summed E-state index contributed by atoms with van der Waals surface area (Å²) in [6.07, 6.45) is 1.73. The number of aromatic nitrogens is 3. The molecular formula is C22H17ClN4O3S. The van der Waals surface area contributed by atoms with Crippen molar-refractivity contribution in [3.63, 3.8) is 0 Å². The molecule has 2 N–H and O–H groups in total. The molecule has 0 spiro atoms. The number of amides is 1. The number of nitrogens with zero attached hydrogens (tertiary/aromatic N) is 2. The summed E-state index contributed by atoms with van der Waals surface area (Å²) in [6.45, 7) is 0. The Morgan fingerprint density at radius 3 is 2.94 bits per heavy atom. The first-order chi connectivity index (χ1) is 14.9. The van der Waals surface area contributed by atoms with E-state index in [9.17, 15) is 14.4 Å². The van der Waals surface area contributed by atoms with E-state index >= 15 is 0 Å². The zero-order valence-electron chi connectivity index (χ0n) is 16.5. The summed E-state index contributed by atoms with van der Waals surface area (Å²) < 4.78 is 1.36. The van der Waals surface area contributed by atoms with Gasteiger partial charge in [-0.3, -0.25) is 19.1 Å². The van der Waals surface area contributed by atoms with Crippen LogP contribution in [0, 0.1) is 0 Å². The number of hydrogen-bond donors (Lipinski definition) is 2. The molecule has 0 saturated carbocycles. The lowest BCUT2D eigenvalue weighted by Crippen LogP contribution is -2.29. The SMILES string of the molecule is Cn1c(=O)[nH]c(=O)c2c(CC(=O)Nc3nc4c(s3)CCc3cc(Cl)ccc3-4)cccc21. The summed E-state index contributed by atoms with van der Waals surface area (Å²) in [7, 11) is 1.58. The van der Waals surface area contributed by atoms with E-state index in [-0.39, 0.29) is 12.3 Å². The monoisotopic (exact) mass is 452 g/mol. The number of rotatable bonds is 3. The Balaban J connectivity index is 1.43. The van der Waals surface area contributed by atoms with E-state index in [2.05, 4.69) is 15.3 Å². The molecule has 0 aliphatic heterocycles. The molecule has 1 aliphatic rings. The number of carbonyl (C=O) groups excluding carboxylic acids is 1. The van der Waals surface area contributed by atoms with Crippen molar-refractivity contribution in [2.75, 3.05) is 5.32 Å². The lowest BCUT2D eigenvalue weighted by atomic mass is 9.94. The highest BCUT2D eigenvalue weighted by Crippen LogP contribution is 2.39. The van der Waals surface area contributed by atoms with Crippen LogP contribution in [0.4, 0.5) is 5.13 Å². The number of aryl methyl sites for hydroxylation is 3. The van der Waals surface area contributed by atoms with Crippen LogP contribution in [-0.4, -0.2) is 20.4 Å². The van der Waals surface area contributed by atoms with Crippen molar-refractivity contribution in [3.05, 3.63) is 78.3 Å². The van der Waals surface area contributed by atoms with Crippen LogP contribution in [-0.2, 0) is 31.1 Å². The number of thiazole rings is 1. The first-order valence-electron chi connectivity index (χ1n) is 9.70. The Morgan fingerprint density at radius 2 is 2.10 bits per heavy atom. The minimum absolute atomic E-state index is 0.00490. The van der Waals surface area contributed by atoms with Crippen LogP contribution in [0.15, 0.2) is 46.0 Å². The van der Waals surface area contributed by atoms with Gasteiger partial charge in [0.1, 0.15) is 0 Å². The van der Waals surface area contributed by atoms with Gasteiger partial charge < -0.3 is 5.32 Å². The smallest absolute Gasteiger partial charge is 0.302 e. The van der Waals surface area contributed by atoms with Crippen molar-refractivity contribution in [2.45, 2.75) is 19.3 Å². The summed E-state index contributed by atoms with van der Waals surface area (Å²) in [5, 5.41) is 4.43. The van der Waals surface area contributed by atoms with Crippen LogP contribution < -0.4 is 16.6 Å². The molecular weight excluding hydrogens is 436 g/mol. The zero-order valence-corrected chi connectivity index (χ0v) is 18.1. The van der Waals surface area contributed by atoms with Gasteiger partial charge in [0.2, 0.25) is 5.91 Å². The molecule has 0 unspecified atom stereocenters. The Bertz CT molecular complexity index is 1480. The Hall–Kier alpha value is -3.23. The summed E-state index contributed by atoms with van der Waals surface area (Å²) in [6, 6.07) is 10.9. The molecule has 9 heteroatoms. The van der Waals surface area contributed by atoms with E-state index in [1.165, 1.54) is 15.9 Å². The van der Waals surface area contributed by atoms with Crippen LogP contribution in [0.25, 0.3) is 22.2 Å². The van der Waals surface area contributed by atoms with Gasteiger partial charge in [-0.15, -0.1) is 11.3 Å². The molecule has 156 valence electrons. The van der Waals surface area contributed by atoms with Crippen molar-refractivity contribution in [1.29, 1.82) is 0 Å². The van der Waals surface area contributed by atoms with Gasteiger partial charge in [-0.2, -0.15) is 0 Å². The highest BCUT2D eigenvalue weighted by molar-refractivity contribution is 7.16. The summed E-state index contributed by atoms with van der Waals surface area (Å²) in [5.74, 6) is -0.275. The molecule has 0 bridgehead atoms. The Morgan fingerprint density at radius 1 is 1.26 bits per heavy atom. The van der Waals surface area contributed by atoms with Gasteiger partial charge in [0, 0.05) is 22.5 Å². The maximum absolute atomic E-state index is 12.7. The van der Waals surface area contributed by atoms with E-state index in [1.54, 1.807) is 25.2 Å². The number of aromatic amines is 1. The van der Waals surface area contributed by atoms with Crippen LogP contribution in [0.1, 0.15) is 16.0 Å². The molecule has 7 nitrogen and oxygen atoms in total. The highest BCUT2D eigenvalue weighted by Gasteiger charge is 2.22. The molecule has 0 radical (unpaired) electrons. The largest absolute Gasteiger partial charge is 0.328 e. The molecule has 5 rings (SSSR count). The van der Waals surface area contributed by atoms with Gasteiger partial charge >= 0.3 is 5.69 Å². The van der Waals surface area contributed by atoms with E-state index in [0.29, 0.717) is 26.6 Å². The quantitative estimate of drug-likeness (QED) is 0.498. The second-order valence-corrected chi connectivity index (χ2v) is 8.97. The zero-order chi connectivity index (χ0) is 21.7. The lowest BCUT2D eigenvalue weighted by Gasteiger charge is -2.14. The molecule has 1 aliphatic carbocycles. The molecule has 2 aromatic carbocycles. The van der Waals surface area contributed by atoms with Crippen molar-refractivity contribution in [1.82, 2.24) is 14.5 Å². The predicted molar refractivity (Wildman–Crippen MR) is 122 cm³/mol. The normalized spacial score (nSPS) is 12.5. The number of nitrogens with one attached hydrogen (secondary N) is 2. The van der Waals surface area contributed by atoms with Gasteiger partial charge in [-0.05, 0) is 42.2 Å². The maximum atomic E-state index is 12.7. The first-order valence-corrected chi connectivity index (χ1v) is 10.9. The second-order valence-electron chi connectivity index (χ2n) is 7.45. The van der Waals surface area contributed by atoms with Gasteiger partial charge in [0.25, 0.3) is 5.56 Å². The summed E-state index contributed by atoms with van der Waals surface area (Å²) in [5.41, 5.74) is 3.13.